The molecule has 0 unspecified atom stereocenters. The van der Waals surface area contributed by atoms with Crippen LogP contribution in [-0.4, -0.2) is 35.7 Å². The highest BCUT2D eigenvalue weighted by atomic mass is 32.2. The maximum atomic E-state index is 12.8. The molecule has 2 aromatic rings. The van der Waals surface area contributed by atoms with E-state index in [1.807, 2.05) is 0 Å². The molecule has 134 valence electrons. The molecule has 0 spiro atoms. The van der Waals surface area contributed by atoms with Gasteiger partial charge in [-0.2, -0.15) is 0 Å². The maximum Gasteiger partial charge on any atom is 0.241 e. The lowest BCUT2D eigenvalue weighted by Gasteiger charge is -2.22. The summed E-state index contributed by atoms with van der Waals surface area (Å²) in [4.78, 5) is 37.7. The molecule has 0 radical (unpaired) electrons. The molecular weight excluding hydrogens is 358 g/mol. The number of carbonyl (C=O) groups is 3. The van der Waals surface area contributed by atoms with Crippen LogP contribution in [0.4, 0.5) is 5.69 Å². The molecule has 0 saturated carbocycles. The average Bonchev–Trinajstić information content (AvgIpc) is 2.59. The topological polar surface area (TPSA) is 120 Å². The summed E-state index contributed by atoms with van der Waals surface area (Å²) in [6.45, 7) is 1.39. The van der Waals surface area contributed by atoms with Gasteiger partial charge in [0, 0.05) is 16.7 Å². The van der Waals surface area contributed by atoms with E-state index in [1.165, 1.54) is 31.2 Å². The highest BCUT2D eigenvalue weighted by Crippen LogP contribution is 2.32. The number of benzene rings is 2. The van der Waals surface area contributed by atoms with Crippen LogP contribution in [0.1, 0.15) is 45.2 Å². The van der Waals surface area contributed by atoms with Crippen molar-refractivity contribution in [1.29, 1.82) is 0 Å². The number of hydrogen-bond donors (Lipinski definition) is 1. The van der Waals surface area contributed by atoms with E-state index in [4.69, 9.17) is 0 Å². The number of ketones is 2. The number of rotatable bonds is 4. The van der Waals surface area contributed by atoms with Crippen molar-refractivity contribution in [2.45, 2.75) is 18.6 Å². The van der Waals surface area contributed by atoms with Crippen LogP contribution in [0.5, 0.6) is 0 Å². The molecule has 0 heterocycles. The van der Waals surface area contributed by atoms with Crippen LogP contribution in [0.2, 0.25) is 0 Å². The minimum atomic E-state index is -4.84. The van der Waals surface area contributed by atoms with Crippen LogP contribution in [0.25, 0.3) is 0 Å². The lowest BCUT2D eigenvalue weighted by molar-refractivity contribution is -0.116. The van der Waals surface area contributed by atoms with Gasteiger partial charge in [-0.15, -0.1) is 0 Å². The lowest BCUT2D eigenvalue weighted by Crippen LogP contribution is -2.35. The van der Waals surface area contributed by atoms with E-state index in [-0.39, 0.29) is 40.1 Å². The zero-order valence-corrected chi connectivity index (χ0v) is 14.5. The Hall–Kier alpha value is -2.84. The fourth-order valence-electron chi connectivity index (χ4n) is 2.98. The Labute approximate surface area is 149 Å². The summed E-state index contributed by atoms with van der Waals surface area (Å²) in [6.07, 6.45) is -0.206. The number of amides is 1. The van der Waals surface area contributed by atoms with Crippen molar-refractivity contribution in [3.63, 3.8) is 0 Å². The Kier molecular flexibility index (Phi) is 4.47. The van der Waals surface area contributed by atoms with Crippen molar-refractivity contribution in [3.8, 4) is 0 Å². The van der Waals surface area contributed by atoms with Gasteiger partial charge in [0.25, 0.3) is 0 Å². The van der Waals surface area contributed by atoms with E-state index in [0.29, 0.717) is 0 Å². The summed E-state index contributed by atoms with van der Waals surface area (Å²) < 4.78 is 33.7. The number of hydrogen-bond acceptors (Lipinski definition) is 6. The first-order valence-electron chi connectivity index (χ1n) is 7.82. The second kappa shape index (κ2) is 6.47. The predicted octanol–water partition coefficient (Wildman–Crippen LogP) is 1.72. The largest absolute Gasteiger partial charge is 0.747 e. The molecule has 0 aromatic heterocycles. The third kappa shape index (κ3) is 2.93. The molecule has 7 nitrogen and oxygen atoms in total. The second-order valence-electron chi connectivity index (χ2n) is 5.81. The molecule has 8 heteroatoms. The van der Waals surface area contributed by atoms with Crippen molar-refractivity contribution in [3.05, 3.63) is 64.7 Å². The third-order valence-electron chi connectivity index (χ3n) is 4.22. The van der Waals surface area contributed by atoms with Gasteiger partial charge in [-0.3, -0.25) is 14.4 Å². The SMILES string of the molecule is CC[C@H](C(=O)Nc1cccc2c1C(=O)c1ccccc1C2=O)S(=O)(=O)[O-]. The van der Waals surface area contributed by atoms with Crippen LogP contribution >= 0.6 is 0 Å². The summed E-state index contributed by atoms with van der Waals surface area (Å²) in [6, 6.07) is 10.6. The van der Waals surface area contributed by atoms with E-state index >= 15 is 0 Å². The van der Waals surface area contributed by atoms with Gasteiger partial charge in [-0.25, -0.2) is 8.42 Å². The van der Waals surface area contributed by atoms with Crippen LogP contribution in [0.15, 0.2) is 42.5 Å². The van der Waals surface area contributed by atoms with Crippen molar-refractivity contribution in [2.75, 3.05) is 5.32 Å². The highest BCUT2D eigenvalue weighted by molar-refractivity contribution is 7.87. The zero-order chi connectivity index (χ0) is 19.1. The van der Waals surface area contributed by atoms with Gasteiger partial charge in [0.05, 0.1) is 11.3 Å². The molecule has 1 aliphatic rings. The van der Waals surface area contributed by atoms with Crippen LogP contribution in [0.3, 0.4) is 0 Å². The lowest BCUT2D eigenvalue weighted by atomic mass is 9.83. The molecule has 1 N–H and O–H groups in total. The van der Waals surface area contributed by atoms with Crippen molar-refractivity contribution in [1.82, 2.24) is 0 Å². The van der Waals surface area contributed by atoms with E-state index < -0.39 is 27.1 Å². The van der Waals surface area contributed by atoms with Crippen LogP contribution in [0, 0.1) is 0 Å². The minimum Gasteiger partial charge on any atom is -0.747 e. The summed E-state index contributed by atoms with van der Waals surface area (Å²) in [5.41, 5.74) is 0.576. The van der Waals surface area contributed by atoms with Gasteiger partial charge in [-0.05, 0) is 12.5 Å². The third-order valence-corrected chi connectivity index (χ3v) is 5.47. The first-order valence-corrected chi connectivity index (χ1v) is 9.29. The van der Waals surface area contributed by atoms with E-state index in [0.717, 1.165) is 0 Å². The number of fused-ring (bicyclic) bond motifs is 2. The molecular formula is C18H14NO6S-. The molecule has 0 aliphatic heterocycles. The molecule has 2 aromatic carbocycles. The van der Waals surface area contributed by atoms with Gasteiger partial charge in [0.2, 0.25) is 5.91 Å². The fourth-order valence-corrected chi connectivity index (χ4v) is 3.71. The zero-order valence-electron chi connectivity index (χ0n) is 13.7. The Bertz CT molecular complexity index is 1040. The van der Waals surface area contributed by atoms with E-state index in [2.05, 4.69) is 5.32 Å². The summed E-state index contributed by atoms with van der Waals surface area (Å²) in [7, 11) is -4.84. The van der Waals surface area contributed by atoms with Crippen molar-refractivity contribution < 1.29 is 27.4 Å². The quantitative estimate of drug-likeness (QED) is 0.696. The van der Waals surface area contributed by atoms with Crippen molar-refractivity contribution >= 4 is 33.3 Å². The van der Waals surface area contributed by atoms with Crippen LogP contribution in [-0.2, 0) is 14.9 Å². The molecule has 0 bridgehead atoms. The first kappa shape index (κ1) is 18.0. The Morgan fingerprint density at radius 2 is 1.58 bits per heavy atom. The molecule has 0 saturated heterocycles. The Balaban J connectivity index is 2.06. The van der Waals surface area contributed by atoms with Gasteiger partial charge < -0.3 is 9.87 Å². The fraction of sp³-hybridized carbons (Fsp3) is 0.167. The average molecular weight is 372 g/mol. The number of carbonyl (C=O) groups excluding carboxylic acids is 3. The second-order valence-corrected chi connectivity index (χ2v) is 7.37. The Morgan fingerprint density at radius 1 is 1.00 bits per heavy atom. The molecule has 1 atom stereocenters. The number of nitrogens with one attached hydrogen (secondary N) is 1. The highest BCUT2D eigenvalue weighted by Gasteiger charge is 2.32. The van der Waals surface area contributed by atoms with Gasteiger partial charge >= 0.3 is 0 Å². The van der Waals surface area contributed by atoms with E-state index in [9.17, 15) is 27.4 Å². The standard InChI is InChI=1S/C18H15NO6S/c1-2-14(26(23,24)25)18(22)19-13-9-5-8-12-15(13)17(21)11-7-4-3-6-10(11)16(12)20/h3-9,14H,2H2,1H3,(H,19,22)(H,23,24,25)/p-1/t14-/m1/s1. The first-order chi connectivity index (χ1) is 12.3. The normalized spacial score (nSPS) is 14.4. The summed E-state index contributed by atoms with van der Waals surface area (Å²) in [5, 5.41) is 0.540. The van der Waals surface area contributed by atoms with Gasteiger partial charge in [0.1, 0.15) is 15.4 Å². The van der Waals surface area contributed by atoms with Crippen molar-refractivity contribution in [2.24, 2.45) is 0 Å². The van der Waals surface area contributed by atoms with E-state index in [1.54, 1.807) is 18.2 Å². The Morgan fingerprint density at radius 3 is 2.15 bits per heavy atom. The maximum absolute atomic E-state index is 12.8. The molecule has 1 amide bonds. The summed E-state index contributed by atoms with van der Waals surface area (Å²) in [5.74, 6) is -1.85. The summed E-state index contributed by atoms with van der Waals surface area (Å²) >= 11 is 0. The minimum absolute atomic E-state index is 0.00227. The molecule has 26 heavy (non-hydrogen) atoms. The van der Waals surface area contributed by atoms with Gasteiger partial charge in [0.15, 0.2) is 11.6 Å². The molecule has 3 rings (SSSR count). The van der Waals surface area contributed by atoms with Crippen LogP contribution < -0.4 is 5.32 Å². The smallest absolute Gasteiger partial charge is 0.241 e. The predicted molar refractivity (Wildman–Crippen MR) is 92.2 cm³/mol. The monoisotopic (exact) mass is 372 g/mol. The van der Waals surface area contributed by atoms with Gasteiger partial charge in [-0.1, -0.05) is 43.3 Å². The number of anilines is 1. The molecule has 0 fully saturated rings. The molecule has 1 aliphatic carbocycles.